The van der Waals surface area contributed by atoms with Gasteiger partial charge in [0.1, 0.15) is 0 Å². The number of nitrogens with one attached hydrogen (secondary N) is 1. The van der Waals surface area contributed by atoms with Crippen molar-refractivity contribution in [2.45, 2.75) is 50.5 Å². The number of carbonyl (C=O) groups excluding carboxylic acids is 1. The molecule has 0 bridgehead atoms. The number of anilines is 1. The summed E-state index contributed by atoms with van der Waals surface area (Å²) in [6.45, 7) is 0. The summed E-state index contributed by atoms with van der Waals surface area (Å²) in [5, 5.41) is 2.16. The Hall–Kier alpha value is -1.77. The van der Waals surface area contributed by atoms with Gasteiger partial charge in [0.2, 0.25) is 5.91 Å². The first-order chi connectivity index (χ1) is 11.4. The molecule has 1 aromatic rings. The Morgan fingerprint density at radius 2 is 1.44 bits per heavy atom. The summed E-state index contributed by atoms with van der Waals surface area (Å²) in [6.07, 6.45) is -6.92. The molecule has 0 radical (unpaired) electrons. The Labute approximate surface area is 140 Å². The van der Waals surface area contributed by atoms with Crippen molar-refractivity contribution in [3.63, 3.8) is 0 Å². The largest absolute Gasteiger partial charge is 0.416 e. The maximum absolute atomic E-state index is 12.8. The van der Waals surface area contributed by atoms with Crippen LogP contribution in [0.1, 0.15) is 43.2 Å². The second-order valence-corrected chi connectivity index (χ2v) is 6.33. The predicted octanol–water partition coefficient (Wildman–Crippen LogP) is 4.57. The Bertz CT molecular complexity index is 586. The monoisotopic (exact) mass is 368 g/mol. The molecule has 0 saturated heterocycles. The van der Waals surface area contributed by atoms with E-state index >= 15 is 0 Å². The number of halogens is 6. The van der Waals surface area contributed by atoms with Gasteiger partial charge in [-0.2, -0.15) is 26.3 Å². The van der Waals surface area contributed by atoms with Gasteiger partial charge in [-0.15, -0.1) is 0 Å². The third-order valence-electron chi connectivity index (χ3n) is 4.24. The molecule has 0 aromatic heterocycles. The lowest BCUT2D eigenvalue weighted by Crippen LogP contribution is -2.28. The number of amides is 1. The zero-order valence-corrected chi connectivity index (χ0v) is 13.2. The van der Waals surface area contributed by atoms with Gasteiger partial charge in [-0.05, 0) is 49.8 Å². The number of nitrogens with two attached hydrogens (primary N) is 1. The fraction of sp³-hybridized carbons (Fsp3) is 0.562. The van der Waals surface area contributed by atoms with Gasteiger partial charge in [0.25, 0.3) is 0 Å². The minimum absolute atomic E-state index is 0.0260. The maximum Gasteiger partial charge on any atom is 0.416 e. The van der Waals surface area contributed by atoms with E-state index in [4.69, 9.17) is 5.73 Å². The molecule has 0 unspecified atom stereocenters. The standard InChI is InChI=1S/C16H18F6N2O/c17-15(18,19)10-6-11(16(20,21)22)8-13(7-10)24-14(25)5-9-1-3-12(23)4-2-9/h6-9,12H,1-5,23H2,(H,24,25)/t9-,12+. The fourth-order valence-corrected chi connectivity index (χ4v) is 2.89. The van der Waals surface area contributed by atoms with Crippen LogP contribution in [0.3, 0.4) is 0 Å². The first kappa shape index (κ1) is 19.6. The summed E-state index contributed by atoms with van der Waals surface area (Å²) in [7, 11) is 0. The highest BCUT2D eigenvalue weighted by Gasteiger charge is 2.37. The highest BCUT2D eigenvalue weighted by molar-refractivity contribution is 5.91. The van der Waals surface area contributed by atoms with Crippen LogP contribution >= 0.6 is 0 Å². The smallest absolute Gasteiger partial charge is 0.328 e. The van der Waals surface area contributed by atoms with Crippen molar-refractivity contribution in [2.24, 2.45) is 11.7 Å². The summed E-state index contributed by atoms with van der Waals surface area (Å²) in [6, 6.07) is 1.11. The molecule has 3 N–H and O–H groups in total. The van der Waals surface area contributed by atoms with Crippen molar-refractivity contribution >= 4 is 11.6 Å². The van der Waals surface area contributed by atoms with Crippen molar-refractivity contribution < 1.29 is 31.1 Å². The zero-order chi connectivity index (χ0) is 18.8. The molecule has 0 spiro atoms. The summed E-state index contributed by atoms with van der Waals surface area (Å²) in [4.78, 5) is 12.0. The zero-order valence-electron chi connectivity index (χ0n) is 13.2. The van der Waals surface area contributed by atoms with Crippen LogP contribution in [0.5, 0.6) is 0 Å². The van der Waals surface area contributed by atoms with Gasteiger partial charge in [0.15, 0.2) is 0 Å². The average Bonchev–Trinajstić information content (AvgIpc) is 2.47. The number of alkyl halides is 6. The Balaban J connectivity index is 2.13. The first-order valence-electron chi connectivity index (χ1n) is 7.80. The lowest BCUT2D eigenvalue weighted by Gasteiger charge is -2.25. The van der Waals surface area contributed by atoms with Crippen LogP contribution in [-0.4, -0.2) is 11.9 Å². The highest BCUT2D eigenvalue weighted by atomic mass is 19.4. The minimum Gasteiger partial charge on any atom is -0.328 e. The number of benzene rings is 1. The molecule has 1 saturated carbocycles. The van der Waals surface area contributed by atoms with Crippen LogP contribution in [0.2, 0.25) is 0 Å². The normalized spacial score (nSPS) is 21.9. The average molecular weight is 368 g/mol. The molecule has 0 atom stereocenters. The maximum atomic E-state index is 12.8. The van der Waals surface area contributed by atoms with E-state index < -0.39 is 35.1 Å². The number of hydrogen-bond acceptors (Lipinski definition) is 2. The van der Waals surface area contributed by atoms with Gasteiger partial charge < -0.3 is 11.1 Å². The van der Waals surface area contributed by atoms with E-state index in [0.29, 0.717) is 25.0 Å². The molecular formula is C16H18F6N2O. The van der Waals surface area contributed by atoms with Gasteiger partial charge in [-0.1, -0.05) is 0 Å². The van der Waals surface area contributed by atoms with Gasteiger partial charge >= 0.3 is 12.4 Å². The van der Waals surface area contributed by atoms with E-state index in [2.05, 4.69) is 5.32 Å². The Morgan fingerprint density at radius 1 is 0.960 bits per heavy atom. The van der Waals surface area contributed by atoms with Gasteiger partial charge in [-0.3, -0.25) is 4.79 Å². The van der Waals surface area contributed by atoms with Crippen LogP contribution in [-0.2, 0) is 17.1 Å². The third-order valence-corrected chi connectivity index (χ3v) is 4.24. The Morgan fingerprint density at radius 3 is 1.88 bits per heavy atom. The molecule has 0 aliphatic heterocycles. The van der Waals surface area contributed by atoms with E-state index in [1.54, 1.807) is 0 Å². The lowest BCUT2D eigenvalue weighted by molar-refractivity contribution is -0.143. The molecule has 2 rings (SSSR count). The van der Waals surface area contributed by atoms with Gasteiger partial charge in [-0.25, -0.2) is 0 Å². The quantitative estimate of drug-likeness (QED) is 0.768. The number of hydrogen-bond donors (Lipinski definition) is 2. The third kappa shape index (κ3) is 5.62. The molecule has 1 amide bonds. The molecule has 25 heavy (non-hydrogen) atoms. The second-order valence-electron chi connectivity index (χ2n) is 6.33. The molecule has 9 heteroatoms. The molecular weight excluding hydrogens is 350 g/mol. The molecule has 1 aromatic carbocycles. The van der Waals surface area contributed by atoms with E-state index in [1.165, 1.54) is 0 Å². The highest BCUT2D eigenvalue weighted by Crippen LogP contribution is 2.37. The minimum atomic E-state index is -4.94. The summed E-state index contributed by atoms with van der Waals surface area (Å²) in [5.74, 6) is -0.569. The molecule has 3 nitrogen and oxygen atoms in total. The van der Waals surface area contributed by atoms with Crippen molar-refractivity contribution in [1.82, 2.24) is 0 Å². The number of rotatable bonds is 3. The molecule has 1 aliphatic rings. The van der Waals surface area contributed by atoms with E-state index in [1.807, 2.05) is 0 Å². The van der Waals surface area contributed by atoms with Crippen molar-refractivity contribution in [3.05, 3.63) is 29.3 Å². The van der Waals surface area contributed by atoms with Crippen LogP contribution in [0.4, 0.5) is 32.0 Å². The molecule has 1 aliphatic carbocycles. The van der Waals surface area contributed by atoms with Crippen LogP contribution < -0.4 is 11.1 Å². The molecule has 0 heterocycles. The van der Waals surface area contributed by atoms with Crippen molar-refractivity contribution in [2.75, 3.05) is 5.32 Å². The van der Waals surface area contributed by atoms with Crippen LogP contribution in [0, 0.1) is 5.92 Å². The van der Waals surface area contributed by atoms with Crippen molar-refractivity contribution in [3.8, 4) is 0 Å². The van der Waals surface area contributed by atoms with Crippen LogP contribution in [0.25, 0.3) is 0 Å². The van der Waals surface area contributed by atoms with Gasteiger partial charge in [0, 0.05) is 18.2 Å². The summed E-state index contributed by atoms with van der Waals surface area (Å²) >= 11 is 0. The first-order valence-corrected chi connectivity index (χ1v) is 7.80. The Kier molecular flexibility index (Phi) is 5.65. The van der Waals surface area contributed by atoms with Gasteiger partial charge in [0.05, 0.1) is 11.1 Å². The summed E-state index contributed by atoms with van der Waals surface area (Å²) in [5.41, 5.74) is 2.32. The summed E-state index contributed by atoms with van der Waals surface area (Å²) < 4.78 is 76.7. The SMILES string of the molecule is N[C@H]1CC[C@@H](CC(=O)Nc2cc(C(F)(F)F)cc(C(F)(F)F)c2)CC1. The second kappa shape index (κ2) is 7.23. The lowest BCUT2D eigenvalue weighted by atomic mass is 9.84. The fourth-order valence-electron chi connectivity index (χ4n) is 2.89. The predicted molar refractivity (Wildman–Crippen MR) is 79.6 cm³/mol. The van der Waals surface area contributed by atoms with E-state index in [9.17, 15) is 31.1 Å². The van der Waals surface area contributed by atoms with Crippen molar-refractivity contribution in [1.29, 1.82) is 0 Å². The van der Waals surface area contributed by atoms with Crippen LogP contribution in [0.15, 0.2) is 18.2 Å². The molecule has 1 fully saturated rings. The van der Waals surface area contributed by atoms with E-state index in [-0.39, 0.29) is 24.4 Å². The van der Waals surface area contributed by atoms with E-state index in [0.717, 1.165) is 12.8 Å². The number of carbonyl (C=O) groups is 1. The topological polar surface area (TPSA) is 55.1 Å². The molecule has 140 valence electrons.